The first-order valence-electron chi connectivity index (χ1n) is 4.01. The second-order valence-corrected chi connectivity index (χ2v) is 3.23. The molecule has 4 nitrogen and oxygen atoms in total. The Balaban J connectivity index is 2.15. The number of pyridine rings is 1. The highest BCUT2D eigenvalue weighted by molar-refractivity contribution is 6.30. The average Bonchev–Trinajstić information content (AvgIpc) is 2.56. The van der Waals surface area contributed by atoms with Gasteiger partial charge in [0.05, 0.1) is 17.5 Å². The van der Waals surface area contributed by atoms with Crippen LogP contribution in [0.4, 0.5) is 0 Å². The van der Waals surface area contributed by atoms with Crippen LogP contribution in [0.5, 0.6) is 11.8 Å². The van der Waals surface area contributed by atoms with Gasteiger partial charge in [-0.15, -0.1) is 0 Å². The van der Waals surface area contributed by atoms with Crippen LogP contribution < -0.4 is 4.74 Å². The standard InChI is InChI=1S/C9H8ClN3O/c1-13-5-9(12-6-13)14-8-3-2-7(10)4-11-8/h2-6H,1H3. The zero-order chi connectivity index (χ0) is 9.97. The maximum absolute atomic E-state index is 5.68. The Morgan fingerprint density at radius 2 is 2.14 bits per heavy atom. The summed E-state index contributed by atoms with van der Waals surface area (Å²) in [5.74, 6) is 0.996. The number of rotatable bonds is 2. The van der Waals surface area contributed by atoms with Gasteiger partial charge in [0.25, 0.3) is 0 Å². The lowest BCUT2D eigenvalue weighted by atomic mass is 10.5. The molecule has 2 rings (SSSR count). The predicted octanol–water partition coefficient (Wildman–Crippen LogP) is 2.26. The highest BCUT2D eigenvalue weighted by atomic mass is 35.5. The largest absolute Gasteiger partial charge is 0.419 e. The molecule has 14 heavy (non-hydrogen) atoms. The minimum atomic E-state index is 0.480. The lowest BCUT2D eigenvalue weighted by molar-refractivity contribution is 0.446. The molecule has 0 aliphatic heterocycles. The van der Waals surface area contributed by atoms with Crippen LogP contribution in [0, 0.1) is 0 Å². The number of ether oxygens (including phenoxy) is 1. The first kappa shape index (κ1) is 9.02. The van der Waals surface area contributed by atoms with Gasteiger partial charge in [-0.25, -0.2) is 9.97 Å². The summed E-state index contributed by atoms with van der Waals surface area (Å²) in [6.07, 6.45) is 4.95. The highest BCUT2D eigenvalue weighted by Crippen LogP contribution is 2.17. The van der Waals surface area contributed by atoms with Gasteiger partial charge in [-0.1, -0.05) is 11.6 Å². The molecular weight excluding hydrogens is 202 g/mol. The van der Waals surface area contributed by atoms with E-state index < -0.39 is 0 Å². The SMILES string of the molecule is Cn1cnc(Oc2ccc(Cl)cn2)c1. The summed E-state index contributed by atoms with van der Waals surface area (Å²) in [7, 11) is 1.87. The van der Waals surface area contributed by atoms with E-state index in [1.165, 1.54) is 6.20 Å². The average molecular weight is 210 g/mol. The fourth-order valence-corrected chi connectivity index (χ4v) is 1.08. The Bertz CT molecular complexity index is 424. The summed E-state index contributed by atoms with van der Waals surface area (Å²) in [5, 5.41) is 0.582. The summed E-state index contributed by atoms with van der Waals surface area (Å²) >= 11 is 5.68. The third-order valence-electron chi connectivity index (χ3n) is 1.59. The van der Waals surface area contributed by atoms with Crippen molar-refractivity contribution in [2.75, 3.05) is 0 Å². The van der Waals surface area contributed by atoms with Crippen molar-refractivity contribution in [2.45, 2.75) is 0 Å². The smallest absolute Gasteiger partial charge is 0.239 e. The highest BCUT2D eigenvalue weighted by Gasteiger charge is 2.00. The van der Waals surface area contributed by atoms with E-state index in [1.54, 1.807) is 29.2 Å². The lowest BCUT2D eigenvalue weighted by Crippen LogP contribution is -1.86. The molecule has 0 radical (unpaired) electrons. The number of hydrogen-bond acceptors (Lipinski definition) is 3. The molecule has 5 heteroatoms. The lowest BCUT2D eigenvalue weighted by Gasteiger charge is -1.99. The van der Waals surface area contributed by atoms with E-state index in [-0.39, 0.29) is 0 Å². The van der Waals surface area contributed by atoms with Crippen molar-refractivity contribution in [1.29, 1.82) is 0 Å². The predicted molar refractivity (Wildman–Crippen MR) is 52.5 cm³/mol. The van der Waals surface area contributed by atoms with Crippen molar-refractivity contribution < 1.29 is 4.74 Å². The Labute approximate surface area is 86.1 Å². The first-order valence-corrected chi connectivity index (χ1v) is 4.39. The summed E-state index contributed by atoms with van der Waals surface area (Å²) in [4.78, 5) is 7.98. The quantitative estimate of drug-likeness (QED) is 0.762. The summed E-state index contributed by atoms with van der Waals surface area (Å²) in [6, 6.07) is 3.41. The van der Waals surface area contributed by atoms with Crippen LogP contribution in [0.15, 0.2) is 30.9 Å². The minimum Gasteiger partial charge on any atom is -0.419 e. The molecule has 0 aliphatic rings. The van der Waals surface area contributed by atoms with Crippen LogP contribution in [0.25, 0.3) is 0 Å². The number of aromatic nitrogens is 3. The van der Waals surface area contributed by atoms with Crippen LogP contribution in [-0.4, -0.2) is 14.5 Å². The van der Waals surface area contributed by atoms with Gasteiger partial charge in [0.15, 0.2) is 0 Å². The minimum absolute atomic E-state index is 0.480. The molecule has 0 atom stereocenters. The molecule has 72 valence electrons. The second-order valence-electron chi connectivity index (χ2n) is 2.79. The third-order valence-corrected chi connectivity index (χ3v) is 1.81. The van der Waals surface area contributed by atoms with Crippen molar-refractivity contribution in [3.05, 3.63) is 35.9 Å². The molecule has 0 aromatic carbocycles. The number of halogens is 1. The van der Waals surface area contributed by atoms with Gasteiger partial charge in [-0.3, -0.25) is 0 Å². The van der Waals surface area contributed by atoms with Crippen molar-refractivity contribution >= 4 is 11.6 Å². The van der Waals surface area contributed by atoms with Gasteiger partial charge < -0.3 is 9.30 Å². The summed E-state index contributed by atoms with van der Waals surface area (Å²) < 4.78 is 7.15. The van der Waals surface area contributed by atoms with Gasteiger partial charge in [-0.2, -0.15) is 0 Å². The van der Waals surface area contributed by atoms with Crippen molar-refractivity contribution in [3.63, 3.8) is 0 Å². The van der Waals surface area contributed by atoms with Crippen LogP contribution in [0.3, 0.4) is 0 Å². The van der Waals surface area contributed by atoms with Crippen molar-refractivity contribution in [2.24, 2.45) is 7.05 Å². The van der Waals surface area contributed by atoms with Crippen LogP contribution >= 0.6 is 11.6 Å². The van der Waals surface area contributed by atoms with E-state index in [0.717, 1.165) is 0 Å². The molecule has 0 amide bonds. The number of aryl methyl sites for hydroxylation is 1. The van der Waals surface area contributed by atoms with Gasteiger partial charge >= 0.3 is 0 Å². The molecule has 2 heterocycles. The first-order chi connectivity index (χ1) is 6.74. The van der Waals surface area contributed by atoms with Gasteiger partial charge in [0, 0.05) is 19.3 Å². The molecule has 0 spiro atoms. The van der Waals surface area contributed by atoms with E-state index in [4.69, 9.17) is 16.3 Å². The Hall–Kier alpha value is -1.55. The monoisotopic (exact) mass is 209 g/mol. The van der Waals surface area contributed by atoms with E-state index in [2.05, 4.69) is 9.97 Å². The topological polar surface area (TPSA) is 39.9 Å². The van der Waals surface area contributed by atoms with E-state index >= 15 is 0 Å². The maximum Gasteiger partial charge on any atom is 0.239 e. The van der Waals surface area contributed by atoms with Crippen LogP contribution in [-0.2, 0) is 7.05 Å². The van der Waals surface area contributed by atoms with E-state index in [1.807, 2.05) is 7.05 Å². The molecule has 0 bridgehead atoms. The van der Waals surface area contributed by atoms with E-state index in [0.29, 0.717) is 16.8 Å². The number of hydrogen-bond donors (Lipinski definition) is 0. The van der Waals surface area contributed by atoms with Crippen LogP contribution in [0.1, 0.15) is 0 Å². The summed E-state index contributed by atoms with van der Waals surface area (Å²) in [6.45, 7) is 0. The zero-order valence-corrected chi connectivity index (χ0v) is 8.27. The summed E-state index contributed by atoms with van der Waals surface area (Å²) in [5.41, 5.74) is 0. The van der Waals surface area contributed by atoms with E-state index in [9.17, 15) is 0 Å². The normalized spacial score (nSPS) is 10.1. The molecule has 0 saturated heterocycles. The van der Waals surface area contributed by atoms with Gasteiger partial charge in [-0.05, 0) is 6.07 Å². The van der Waals surface area contributed by atoms with Gasteiger partial charge in [0.2, 0.25) is 11.8 Å². The fourth-order valence-electron chi connectivity index (χ4n) is 0.971. The molecular formula is C9H8ClN3O. The molecule has 2 aromatic heterocycles. The zero-order valence-electron chi connectivity index (χ0n) is 7.51. The van der Waals surface area contributed by atoms with Crippen molar-refractivity contribution in [3.8, 4) is 11.8 Å². The molecule has 0 unspecified atom stereocenters. The molecule has 0 fully saturated rings. The molecule has 2 aromatic rings. The van der Waals surface area contributed by atoms with Crippen molar-refractivity contribution in [1.82, 2.24) is 14.5 Å². The maximum atomic E-state index is 5.68. The fraction of sp³-hybridized carbons (Fsp3) is 0.111. The molecule has 0 aliphatic carbocycles. The third kappa shape index (κ3) is 2.03. The van der Waals surface area contributed by atoms with Gasteiger partial charge in [0.1, 0.15) is 0 Å². The molecule has 0 N–H and O–H groups in total. The molecule has 0 saturated carbocycles. The second kappa shape index (κ2) is 3.67. The Morgan fingerprint density at radius 3 is 2.71 bits per heavy atom. The number of imidazole rings is 1. The Kier molecular flexibility index (Phi) is 2.37. The van der Waals surface area contributed by atoms with Crippen LogP contribution in [0.2, 0.25) is 5.02 Å². The number of nitrogens with zero attached hydrogens (tertiary/aromatic N) is 3. The Morgan fingerprint density at radius 1 is 1.29 bits per heavy atom.